The van der Waals surface area contributed by atoms with E-state index in [2.05, 4.69) is 45.9 Å². The van der Waals surface area contributed by atoms with Gasteiger partial charge in [0.05, 0.1) is 10.2 Å². The van der Waals surface area contributed by atoms with Crippen LogP contribution in [0.5, 0.6) is 0 Å². The molecule has 0 aliphatic rings. The van der Waals surface area contributed by atoms with Crippen molar-refractivity contribution in [1.82, 2.24) is 24.8 Å². The van der Waals surface area contributed by atoms with Gasteiger partial charge in [0.25, 0.3) is 0 Å². The highest BCUT2D eigenvalue weighted by molar-refractivity contribution is 9.10. The van der Waals surface area contributed by atoms with Crippen molar-refractivity contribution in [2.45, 2.75) is 6.18 Å². The molecule has 0 unspecified atom stereocenters. The van der Waals surface area contributed by atoms with E-state index in [0.29, 0.717) is 0 Å². The Bertz CT molecular complexity index is 1260. The molecule has 0 spiro atoms. The number of thiol groups is 1. The number of amides is 1. The van der Waals surface area contributed by atoms with Crippen LogP contribution in [0.1, 0.15) is 0 Å². The second-order valence-electron chi connectivity index (χ2n) is 6.36. The van der Waals surface area contributed by atoms with Gasteiger partial charge in [-0.15, -0.1) is 0 Å². The number of nitrogens with zero attached hydrogens (tertiary/aromatic N) is 4. The molecule has 0 saturated carbocycles. The molecule has 1 aromatic carbocycles. The standard InChI is InChI=1S/C15H13BrF4N6O5S/c1-32(29,25-13(27)15(18,19)20)5-4-21-11-10(22-31-23-11)12-24-30-14(28)26(12)7-2-3-9(17)8(16)6-7/h2-3,6,32H,4-5H2,1H3,(H,21,23)(H,25,27,29). The molecule has 3 rings (SSSR count). The Morgan fingerprint density at radius 1 is 1.28 bits per heavy atom. The smallest absolute Gasteiger partial charge is 0.364 e. The summed E-state index contributed by atoms with van der Waals surface area (Å²) in [7, 11) is -3.70. The molecule has 0 atom stereocenters. The molecule has 11 nitrogen and oxygen atoms in total. The van der Waals surface area contributed by atoms with Crippen LogP contribution < -0.4 is 15.8 Å². The largest absolute Gasteiger partial charge is 0.472 e. The maximum absolute atomic E-state index is 13.5. The van der Waals surface area contributed by atoms with E-state index in [0.717, 1.165) is 16.9 Å². The van der Waals surface area contributed by atoms with E-state index in [4.69, 9.17) is 0 Å². The molecule has 0 bridgehead atoms. The minimum atomic E-state index is -5.17. The minimum Gasteiger partial charge on any atom is -0.364 e. The molecule has 2 heterocycles. The summed E-state index contributed by atoms with van der Waals surface area (Å²) in [5.41, 5.74) is 0.0444. The number of carbonyl (C=O) groups excluding carboxylic acids is 1. The van der Waals surface area contributed by atoms with Gasteiger partial charge in [0, 0.05) is 18.6 Å². The molecule has 17 heteroatoms. The fraction of sp³-hybridized carbons (Fsp3) is 0.267. The first kappa shape index (κ1) is 23.6. The first-order valence-corrected chi connectivity index (χ1v) is 11.6. The van der Waals surface area contributed by atoms with E-state index in [-0.39, 0.29) is 39.8 Å². The molecule has 32 heavy (non-hydrogen) atoms. The summed E-state index contributed by atoms with van der Waals surface area (Å²) in [5.74, 6) is -4.48. The molecule has 0 fully saturated rings. The van der Waals surface area contributed by atoms with Crippen LogP contribution in [-0.4, -0.2) is 54.9 Å². The lowest BCUT2D eigenvalue weighted by molar-refractivity contribution is -0.171. The van der Waals surface area contributed by atoms with Gasteiger partial charge in [-0.1, -0.05) is 5.16 Å². The van der Waals surface area contributed by atoms with Crippen molar-refractivity contribution in [1.29, 1.82) is 0 Å². The molecular formula is C15H13BrF4N6O5S. The number of benzene rings is 1. The molecule has 3 aromatic rings. The molecule has 0 aliphatic carbocycles. The summed E-state index contributed by atoms with van der Waals surface area (Å²) in [6.45, 7) is -0.211. The fourth-order valence-corrected chi connectivity index (χ4v) is 4.00. The zero-order valence-electron chi connectivity index (χ0n) is 15.8. The summed E-state index contributed by atoms with van der Waals surface area (Å²) in [4.78, 5) is 23.1. The van der Waals surface area contributed by atoms with Crippen LogP contribution in [0.25, 0.3) is 17.2 Å². The number of rotatable bonds is 7. The van der Waals surface area contributed by atoms with Gasteiger partial charge in [-0.05, 0) is 54.6 Å². The topological polar surface area (TPSA) is 145 Å². The summed E-state index contributed by atoms with van der Waals surface area (Å²) in [5, 5.41) is 13.4. The second kappa shape index (κ2) is 8.81. The number of aromatic nitrogens is 4. The zero-order valence-corrected chi connectivity index (χ0v) is 18.3. The van der Waals surface area contributed by atoms with Crippen molar-refractivity contribution < 1.29 is 35.7 Å². The van der Waals surface area contributed by atoms with Crippen molar-refractivity contribution in [3.05, 3.63) is 39.0 Å². The third kappa shape index (κ3) is 5.21. The van der Waals surface area contributed by atoms with E-state index in [1.165, 1.54) is 16.9 Å². The van der Waals surface area contributed by atoms with E-state index < -0.39 is 33.8 Å². The number of carbonyl (C=O) groups is 1. The predicted octanol–water partition coefficient (Wildman–Crippen LogP) is 1.43. The maximum atomic E-state index is 13.5. The third-order valence-corrected chi connectivity index (χ3v) is 6.25. The highest BCUT2D eigenvalue weighted by Gasteiger charge is 2.40. The highest BCUT2D eigenvalue weighted by atomic mass is 79.9. The molecule has 0 aliphatic heterocycles. The zero-order chi connectivity index (χ0) is 23.7. The highest BCUT2D eigenvalue weighted by Crippen LogP contribution is 2.26. The van der Waals surface area contributed by atoms with E-state index in [1.807, 2.05) is 0 Å². The lowest BCUT2D eigenvalue weighted by Crippen LogP contribution is -2.45. The molecule has 1 amide bonds. The van der Waals surface area contributed by atoms with Crippen molar-refractivity contribution in [2.24, 2.45) is 0 Å². The number of alkyl halides is 3. The Hall–Kier alpha value is -3.08. The van der Waals surface area contributed by atoms with Crippen LogP contribution >= 0.6 is 15.9 Å². The normalized spacial score (nSPS) is 12.6. The predicted molar refractivity (Wildman–Crippen MR) is 106 cm³/mol. The SMILES string of the molecule is C[SH](=O)(CCNc1nonc1-c1noc(=O)n1-c1ccc(F)c(Br)c1)NC(=O)C(F)(F)F. The van der Waals surface area contributed by atoms with Crippen molar-refractivity contribution >= 4 is 37.8 Å². The molecule has 0 saturated heterocycles. The van der Waals surface area contributed by atoms with Gasteiger partial charge >= 0.3 is 17.8 Å². The number of halogens is 5. The Balaban J connectivity index is 1.79. The average molecular weight is 545 g/mol. The van der Waals surface area contributed by atoms with Crippen LogP contribution in [0, 0.1) is 5.82 Å². The van der Waals surface area contributed by atoms with E-state index in [9.17, 15) is 31.4 Å². The molecule has 2 N–H and O–H groups in total. The number of hydrogen-bond acceptors (Lipinski definition) is 9. The Morgan fingerprint density at radius 2 is 2.00 bits per heavy atom. The Labute approximate surface area is 184 Å². The van der Waals surface area contributed by atoms with Gasteiger partial charge in [-0.3, -0.25) is 18.2 Å². The van der Waals surface area contributed by atoms with Crippen molar-refractivity contribution in [3.8, 4) is 17.2 Å². The van der Waals surface area contributed by atoms with Gasteiger partial charge in [0.15, 0.2) is 5.69 Å². The van der Waals surface area contributed by atoms with Crippen LogP contribution in [0.4, 0.5) is 23.4 Å². The van der Waals surface area contributed by atoms with Gasteiger partial charge in [-0.2, -0.15) is 13.2 Å². The van der Waals surface area contributed by atoms with Crippen LogP contribution in [0.2, 0.25) is 0 Å². The summed E-state index contributed by atoms with van der Waals surface area (Å²) >= 11 is 3.00. The number of hydrogen-bond donors (Lipinski definition) is 3. The van der Waals surface area contributed by atoms with Crippen LogP contribution in [0.3, 0.4) is 0 Å². The summed E-state index contributed by atoms with van der Waals surface area (Å²) in [6.07, 6.45) is -4.20. The number of anilines is 1. The fourth-order valence-electron chi connectivity index (χ4n) is 2.42. The maximum Gasteiger partial charge on any atom is 0.472 e. The summed E-state index contributed by atoms with van der Waals surface area (Å²) in [6, 6.07) is 3.66. The Morgan fingerprint density at radius 3 is 2.66 bits per heavy atom. The van der Waals surface area contributed by atoms with Gasteiger partial charge in [0.2, 0.25) is 11.6 Å². The number of nitrogens with one attached hydrogen (secondary N) is 2. The summed E-state index contributed by atoms with van der Waals surface area (Å²) < 4.78 is 74.5. The van der Waals surface area contributed by atoms with Gasteiger partial charge in [0.1, 0.15) is 5.82 Å². The van der Waals surface area contributed by atoms with Crippen LogP contribution in [0.15, 0.2) is 36.6 Å². The Kier molecular flexibility index (Phi) is 6.49. The average Bonchev–Trinajstić information content (AvgIpc) is 3.29. The van der Waals surface area contributed by atoms with Crippen LogP contribution in [-0.2, 0) is 14.9 Å². The van der Waals surface area contributed by atoms with E-state index >= 15 is 0 Å². The quantitative estimate of drug-likeness (QED) is 0.297. The van der Waals surface area contributed by atoms with Gasteiger partial charge < -0.3 is 5.32 Å². The molecule has 0 radical (unpaired) electrons. The lowest BCUT2D eigenvalue weighted by atomic mass is 10.3. The molecule has 174 valence electrons. The van der Waals surface area contributed by atoms with Crippen molar-refractivity contribution in [2.75, 3.05) is 23.9 Å². The van der Waals surface area contributed by atoms with Gasteiger partial charge in [-0.25, -0.2) is 18.4 Å². The van der Waals surface area contributed by atoms with Crippen molar-refractivity contribution in [3.63, 3.8) is 0 Å². The minimum absolute atomic E-state index is 0.0604. The second-order valence-corrected chi connectivity index (χ2v) is 10.1. The monoisotopic (exact) mass is 544 g/mol. The third-order valence-electron chi connectivity index (χ3n) is 3.89. The lowest BCUT2D eigenvalue weighted by Gasteiger charge is -2.21. The molecular weight excluding hydrogens is 532 g/mol. The first-order chi connectivity index (χ1) is 14.9. The first-order valence-electron chi connectivity index (χ1n) is 8.46. The van der Waals surface area contributed by atoms with E-state index in [1.54, 1.807) is 0 Å². The molecule has 2 aromatic heterocycles.